The summed E-state index contributed by atoms with van der Waals surface area (Å²) in [5.41, 5.74) is 0.787. The van der Waals surface area contributed by atoms with Gasteiger partial charge in [0, 0.05) is 13.0 Å². The van der Waals surface area contributed by atoms with Gasteiger partial charge in [-0.15, -0.1) is 0 Å². The average Bonchev–Trinajstić information content (AvgIpc) is 2.47. The van der Waals surface area contributed by atoms with E-state index < -0.39 is 6.10 Å². The Morgan fingerprint density at radius 2 is 2.58 bits per heavy atom. The summed E-state index contributed by atoms with van der Waals surface area (Å²) in [5.74, 6) is 0.733. The molecule has 2 heterocycles. The summed E-state index contributed by atoms with van der Waals surface area (Å²) in [5, 5.41) is 13.4. The first-order valence-electron chi connectivity index (χ1n) is 4.15. The van der Waals surface area contributed by atoms with Crippen molar-refractivity contribution in [2.75, 3.05) is 6.61 Å². The van der Waals surface area contributed by atoms with Gasteiger partial charge in [-0.25, -0.2) is 4.68 Å². The molecule has 1 aromatic rings. The third-order valence-corrected chi connectivity index (χ3v) is 2.02. The molecule has 1 aliphatic rings. The molecule has 4 heteroatoms. The van der Waals surface area contributed by atoms with Crippen molar-refractivity contribution in [1.29, 1.82) is 0 Å². The molecule has 1 atom stereocenters. The molecule has 0 fully saturated rings. The zero-order valence-electron chi connectivity index (χ0n) is 7.03. The lowest BCUT2D eigenvalue weighted by Gasteiger charge is -2.16. The van der Waals surface area contributed by atoms with Gasteiger partial charge in [0.2, 0.25) is 5.88 Å². The fraction of sp³-hybridized carbons (Fsp3) is 0.625. The molecule has 0 saturated carbocycles. The molecular formula is C8H12N2O2. The minimum atomic E-state index is -0.494. The summed E-state index contributed by atoms with van der Waals surface area (Å²) < 4.78 is 7.19. The molecule has 0 amide bonds. The van der Waals surface area contributed by atoms with Gasteiger partial charge in [-0.05, 0) is 6.92 Å². The number of hydrogen-bond acceptors (Lipinski definition) is 3. The van der Waals surface area contributed by atoms with Crippen LogP contribution in [-0.4, -0.2) is 21.5 Å². The summed E-state index contributed by atoms with van der Waals surface area (Å²) >= 11 is 0. The molecule has 2 rings (SSSR count). The van der Waals surface area contributed by atoms with E-state index in [9.17, 15) is 5.11 Å². The van der Waals surface area contributed by atoms with E-state index in [1.165, 1.54) is 0 Å². The number of aliphatic hydroxyl groups is 1. The van der Waals surface area contributed by atoms with Crippen molar-refractivity contribution in [3.63, 3.8) is 0 Å². The van der Waals surface area contributed by atoms with Crippen molar-refractivity contribution in [1.82, 2.24) is 9.78 Å². The molecule has 1 aliphatic heterocycles. The Hall–Kier alpha value is -1.03. The lowest BCUT2D eigenvalue weighted by Crippen LogP contribution is -2.15. The largest absolute Gasteiger partial charge is 0.477 e. The second-order valence-corrected chi connectivity index (χ2v) is 3.01. The van der Waals surface area contributed by atoms with Crippen molar-refractivity contribution in [3.8, 4) is 5.88 Å². The molecular weight excluding hydrogens is 156 g/mol. The minimum Gasteiger partial charge on any atom is -0.477 e. The topological polar surface area (TPSA) is 47.3 Å². The summed E-state index contributed by atoms with van der Waals surface area (Å²) in [6.45, 7) is 3.34. The van der Waals surface area contributed by atoms with E-state index in [1.54, 1.807) is 17.8 Å². The van der Waals surface area contributed by atoms with Crippen molar-refractivity contribution >= 4 is 0 Å². The molecule has 0 radical (unpaired) electrons. The van der Waals surface area contributed by atoms with Crippen LogP contribution < -0.4 is 4.74 Å². The highest BCUT2D eigenvalue weighted by Crippen LogP contribution is 2.27. The smallest absolute Gasteiger partial charge is 0.217 e. The Kier molecular flexibility index (Phi) is 1.77. The molecule has 0 spiro atoms. The molecule has 1 aromatic heterocycles. The number of fused-ring (bicyclic) bond motifs is 1. The van der Waals surface area contributed by atoms with Gasteiger partial charge in [-0.3, -0.25) is 0 Å². The van der Waals surface area contributed by atoms with Crippen LogP contribution in [0.4, 0.5) is 0 Å². The number of aromatic nitrogens is 2. The van der Waals surface area contributed by atoms with Gasteiger partial charge in [0.25, 0.3) is 0 Å². The van der Waals surface area contributed by atoms with Gasteiger partial charge in [0.15, 0.2) is 0 Å². The van der Waals surface area contributed by atoms with Crippen LogP contribution in [-0.2, 0) is 6.54 Å². The van der Waals surface area contributed by atoms with Crippen LogP contribution in [0.5, 0.6) is 5.88 Å². The Morgan fingerprint density at radius 3 is 3.33 bits per heavy atom. The highest BCUT2D eigenvalue weighted by Gasteiger charge is 2.18. The monoisotopic (exact) mass is 168 g/mol. The summed E-state index contributed by atoms with van der Waals surface area (Å²) in [6.07, 6.45) is 2.17. The van der Waals surface area contributed by atoms with Crippen molar-refractivity contribution in [2.45, 2.75) is 26.0 Å². The van der Waals surface area contributed by atoms with Gasteiger partial charge in [-0.1, -0.05) is 0 Å². The zero-order chi connectivity index (χ0) is 8.55. The normalized spacial score (nSPS) is 18.2. The first-order chi connectivity index (χ1) is 5.79. The Bertz CT molecular complexity index is 281. The third-order valence-electron chi connectivity index (χ3n) is 2.02. The molecule has 0 saturated heterocycles. The molecule has 4 nitrogen and oxygen atoms in total. The van der Waals surface area contributed by atoms with Gasteiger partial charge >= 0.3 is 0 Å². The lowest BCUT2D eigenvalue weighted by atomic mass is 10.2. The fourth-order valence-electron chi connectivity index (χ4n) is 1.38. The second-order valence-electron chi connectivity index (χ2n) is 3.01. The van der Waals surface area contributed by atoms with Crippen LogP contribution in [0, 0.1) is 0 Å². The molecule has 0 aromatic carbocycles. The highest BCUT2D eigenvalue weighted by molar-refractivity contribution is 5.26. The number of aryl methyl sites for hydroxylation is 1. The maximum atomic E-state index is 9.34. The summed E-state index contributed by atoms with van der Waals surface area (Å²) in [6, 6.07) is 0. The maximum Gasteiger partial charge on any atom is 0.217 e. The molecule has 66 valence electrons. The minimum absolute atomic E-state index is 0.494. The van der Waals surface area contributed by atoms with Gasteiger partial charge < -0.3 is 9.84 Å². The molecule has 1 N–H and O–H groups in total. The highest BCUT2D eigenvalue weighted by atomic mass is 16.5. The predicted molar refractivity (Wildman–Crippen MR) is 43.0 cm³/mol. The van der Waals surface area contributed by atoms with Crippen LogP contribution in [0.2, 0.25) is 0 Å². The Morgan fingerprint density at radius 1 is 1.75 bits per heavy atom. The average molecular weight is 168 g/mol. The summed E-state index contributed by atoms with van der Waals surface area (Å²) in [4.78, 5) is 0. The van der Waals surface area contributed by atoms with E-state index in [0.29, 0.717) is 0 Å². The van der Waals surface area contributed by atoms with Gasteiger partial charge in [0.05, 0.1) is 24.5 Å². The lowest BCUT2D eigenvalue weighted by molar-refractivity contribution is 0.180. The molecule has 1 unspecified atom stereocenters. The van der Waals surface area contributed by atoms with Crippen molar-refractivity contribution in [3.05, 3.63) is 11.8 Å². The predicted octanol–water partition coefficient (Wildman–Crippen LogP) is 0.719. The summed E-state index contributed by atoms with van der Waals surface area (Å²) in [7, 11) is 0. The van der Waals surface area contributed by atoms with Crippen molar-refractivity contribution < 1.29 is 9.84 Å². The van der Waals surface area contributed by atoms with E-state index >= 15 is 0 Å². The van der Waals surface area contributed by atoms with Crippen LogP contribution in [0.3, 0.4) is 0 Å². The zero-order valence-corrected chi connectivity index (χ0v) is 7.03. The maximum absolute atomic E-state index is 9.34. The molecule has 0 aliphatic carbocycles. The van der Waals surface area contributed by atoms with Crippen LogP contribution in [0.15, 0.2) is 6.20 Å². The number of aliphatic hydroxyl groups excluding tert-OH is 1. The SMILES string of the molecule is CC(O)c1cnn2c1OCCC2. The number of rotatable bonds is 1. The van der Waals surface area contributed by atoms with E-state index in [2.05, 4.69) is 5.10 Å². The van der Waals surface area contributed by atoms with E-state index in [-0.39, 0.29) is 0 Å². The fourth-order valence-corrected chi connectivity index (χ4v) is 1.38. The van der Waals surface area contributed by atoms with Crippen molar-refractivity contribution in [2.24, 2.45) is 0 Å². The van der Waals surface area contributed by atoms with Crippen LogP contribution in [0.1, 0.15) is 25.0 Å². The Balaban J connectivity index is 2.38. The molecule has 0 bridgehead atoms. The van der Waals surface area contributed by atoms with Crippen LogP contribution >= 0.6 is 0 Å². The quantitative estimate of drug-likeness (QED) is 0.672. The van der Waals surface area contributed by atoms with E-state index in [4.69, 9.17) is 4.74 Å². The first kappa shape index (κ1) is 7.61. The van der Waals surface area contributed by atoms with E-state index in [0.717, 1.165) is 31.0 Å². The standard InChI is InChI=1S/C8H12N2O2/c1-6(11)7-5-9-10-3-2-4-12-8(7)10/h5-6,11H,2-4H2,1H3. The Labute approximate surface area is 70.8 Å². The number of nitrogens with zero attached hydrogens (tertiary/aromatic N) is 2. The number of hydrogen-bond donors (Lipinski definition) is 1. The van der Waals surface area contributed by atoms with Gasteiger partial charge in [0.1, 0.15) is 0 Å². The van der Waals surface area contributed by atoms with Gasteiger partial charge in [-0.2, -0.15) is 5.10 Å². The first-order valence-corrected chi connectivity index (χ1v) is 4.15. The number of ether oxygens (including phenoxy) is 1. The van der Waals surface area contributed by atoms with Crippen LogP contribution in [0.25, 0.3) is 0 Å². The third kappa shape index (κ3) is 1.08. The second kappa shape index (κ2) is 2.79. The molecule has 12 heavy (non-hydrogen) atoms. The van der Waals surface area contributed by atoms with E-state index in [1.807, 2.05) is 0 Å².